The highest BCUT2D eigenvalue weighted by atomic mass is 35.5. The molecule has 3 rings (SSSR count). The molecule has 0 bridgehead atoms. The number of benzene rings is 2. The van der Waals surface area contributed by atoms with Crippen LogP contribution in [0.5, 0.6) is 11.5 Å². The number of fused-ring (bicyclic) bond motifs is 1. The Morgan fingerprint density at radius 3 is 2.86 bits per heavy atom. The van der Waals surface area contributed by atoms with Gasteiger partial charge in [0.05, 0.1) is 16.8 Å². The fourth-order valence-corrected chi connectivity index (χ4v) is 2.09. The Bertz CT molecular complexity index is 716. The summed E-state index contributed by atoms with van der Waals surface area (Å²) in [6.07, 6.45) is 1.52. The maximum absolute atomic E-state index is 11.9. The molecule has 0 radical (unpaired) electrons. The topological polar surface area (TPSA) is 59.9 Å². The van der Waals surface area contributed by atoms with Crippen LogP contribution in [0.1, 0.15) is 15.9 Å². The van der Waals surface area contributed by atoms with Crippen LogP contribution >= 0.6 is 11.6 Å². The second kappa shape index (κ2) is 5.85. The van der Waals surface area contributed by atoms with Crippen molar-refractivity contribution in [3.05, 3.63) is 58.6 Å². The zero-order valence-corrected chi connectivity index (χ0v) is 11.6. The predicted octanol–water partition coefficient (Wildman–Crippen LogP) is 2.83. The van der Waals surface area contributed by atoms with E-state index in [-0.39, 0.29) is 12.7 Å². The summed E-state index contributed by atoms with van der Waals surface area (Å²) >= 11 is 5.94. The molecule has 0 saturated heterocycles. The molecule has 0 aliphatic carbocycles. The molecule has 1 aliphatic rings. The Morgan fingerprint density at radius 2 is 2.00 bits per heavy atom. The minimum absolute atomic E-state index is 0.221. The lowest BCUT2D eigenvalue weighted by Gasteiger charge is -2.02. The molecule has 1 aliphatic heterocycles. The molecule has 0 atom stereocenters. The van der Waals surface area contributed by atoms with Gasteiger partial charge < -0.3 is 9.47 Å². The second-order valence-corrected chi connectivity index (χ2v) is 4.70. The van der Waals surface area contributed by atoms with Crippen molar-refractivity contribution in [3.8, 4) is 11.5 Å². The number of nitrogens with one attached hydrogen (secondary N) is 1. The Kier molecular flexibility index (Phi) is 3.75. The van der Waals surface area contributed by atoms with E-state index in [1.165, 1.54) is 6.21 Å². The number of rotatable bonds is 3. The third-order valence-electron chi connectivity index (χ3n) is 2.89. The van der Waals surface area contributed by atoms with E-state index in [0.29, 0.717) is 22.1 Å². The summed E-state index contributed by atoms with van der Waals surface area (Å²) in [4.78, 5) is 11.9. The summed E-state index contributed by atoms with van der Waals surface area (Å²) in [6.45, 7) is 0.221. The average Bonchev–Trinajstić information content (AvgIpc) is 2.95. The van der Waals surface area contributed by atoms with Gasteiger partial charge in [0.1, 0.15) is 0 Å². The van der Waals surface area contributed by atoms with Crippen LogP contribution in [0, 0.1) is 0 Å². The van der Waals surface area contributed by atoms with Crippen LogP contribution < -0.4 is 14.9 Å². The Balaban J connectivity index is 1.67. The van der Waals surface area contributed by atoms with Crippen molar-refractivity contribution in [2.75, 3.05) is 6.79 Å². The fourth-order valence-electron chi connectivity index (χ4n) is 1.86. The number of carbonyl (C=O) groups excluding carboxylic acids is 1. The van der Waals surface area contributed by atoms with Crippen molar-refractivity contribution in [3.63, 3.8) is 0 Å². The van der Waals surface area contributed by atoms with Gasteiger partial charge in [-0.1, -0.05) is 23.7 Å². The van der Waals surface area contributed by atoms with E-state index in [4.69, 9.17) is 21.1 Å². The van der Waals surface area contributed by atoms with Gasteiger partial charge in [0.2, 0.25) is 6.79 Å². The number of hydrogen-bond donors (Lipinski definition) is 1. The van der Waals surface area contributed by atoms with E-state index in [2.05, 4.69) is 10.5 Å². The maximum atomic E-state index is 11.9. The SMILES string of the molecule is O=C(NN=Cc1ccc2c(c1)OCO2)c1ccccc1Cl. The maximum Gasteiger partial charge on any atom is 0.272 e. The van der Waals surface area contributed by atoms with Gasteiger partial charge in [-0.05, 0) is 35.9 Å². The van der Waals surface area contributed by atoms with Crippen molar-refractivity contribution in [1.82, 2.24) is 5.43 Å². The van der Waals surface area contributed by atoms with Crippen molar-refractivity contribution in [1.29, 1.82) is 0 Å². The van der Waals surface area contributed by atoms with Gasteiger partial charge in [-0.15, -0.1) is 0 Å². The van der Waals surface area contributed by atoms with Crippen LogP contribution in [-0.2, 0) is 0 Å². The molecule has 1 heterocycles. The second-order valence-electron chi connectivity index (χ2n) is 4.29. The third-order valence-corrected chi connectivity index (χ3v) is 3.22. The quantitative estimate of drug-likeness (QED) is 0.700. The third kappa shape index (κ3) is 2.98. The molecule has 1 amide bonds. The summed E-state index contributed by atoms with van der Waals surface area (Å²) in [5, 5.41) is 4.29. The van der Waals surface area contributed by atoms with Crippen molar-refractivity contribution in [2.24, 2.45) is 5.10 Å². The molecular formula is C15H11ClN2O3. The molecule has 106 valence electrons. The lowest BCUT2D eigenvalue weighted by Crippen LogP contribution is -2.17. The predicted molar refractivity (Wildman–Crippen MR) is 79.1 cm³/mol. The van der Waals surface area contributed by atoms with Crippen LogP contribution in [0.15, 0.2) is 47.6 Å². The largest absolute Gasteiger partial charge is 0.454 e. The number of amides is 1. The molecule has 2 aromatic carbocycles. The molecule has 0 spiro atoms. The van der Waals surface area contributed by atoms with Gasteiger partial charge in [-0.2, -0.15) is 5.10 Å². The first-order valence-corrected chi connectivity index (χ1v) is 6.59. The summed E-state index contributed by atoms with van der Waals surface area (Å²) in [5.41, 5.74) is 3.60. The standard InChI is InChI=1S/C15H11ClN2O3/c16-12-4-2-1-3-11(12)15(19)18-17-8-10-5-6-13-14(7-10)21-9-20-13/h1-8H,9H2,(H,18,19). The minimum atomic E-state index is -0.363. The summed E-state index contributed by atoms with van der Waals surface area (Å²) < 4.78 is 10.5. The molecule has 0 saturated carbocycles. The Labute approximate surface area is 126 Å². The molecule has 6 heteroatoms. The van der Waals surface area contributed by atoms with Crippen LogP contribution in [0.4, 0.5) is 0 Å². The number of carbonyl (C=O) groups is 1. The molecule has 5 nitrogen and oxygen atoms in total. The average molecular weight is 303 g/mol. The highest BCUT2D eigenvalue weighted by Gasteiger charge is 2.12. The van der Waals surface area contributed by atoms with Crippen molar-refractivity contribution < 1.29 is 14.3 Å². The van der Waals surface area contributed by atoms with E-state index in [0.717, 1.165) is 5.56 Å². The lowest BCUT2D eigenvalue weighted by molar-refractivity contribution is 0.0955. The van der Waals surface area contributed by atoms with Crippen molar-refractivity contribution >= 4 is 23.7 Å². The van der Waals surface area contributed by atoms with E-state index in [1.807, 2.05) is 6.07 Å². The first-order valence-electron chi connectivity index (χ1n) is 6.21. The van der Waals surface area contributed by atoms with E-state index in [1.54, 1.807) is 36.4 Å². The molecule has 0 fully saturated rings. The monoisotopic (exact) mass is 302 g/mol. The van der Waals surface area contributed by atoms with Gasteiger partial charge >= 0.3 is 0 Å². The summed E-state index contributed by atoms with van der Waals surface area (Å²) in [7, 11) is 0. The number of hydrazone groups is 1. The van der Waals surface area contributed by atoms with Crippen molar-refractivity contribution in [2.45, 2.75) is 0 Å². The van der Waals surface area contributed by atoms with Gasteiger partial charge in [-0.25, -0.2) is 5.43 Å². The molecule has 21 heavy (non-hydrogen) atoms. The zero-order chi connectivity index (χ0) is 14.7. The molecule has 0 aromatic heterocycles. The van der Waals surface area contributed by atoms with Gasteiger partial charge in [0, 0.05) is 0 Å². The normalized spacial score (nSPS) is 12.6. The highest BCUT2D eigenvalue weighted by molar-refractivity contribution is 6.33. The van der Waals surface area contributed by atoms with Crippen LogP contribution in [0.3, 0.4) is 0 Å². The molecule has 0 unspecified atom stereocenters. The van der Waals surface area contributed by atoms with Gasteiger partial charge in [0.25, 0.3) is 5.91 Å². The zero-order valence-electron chi connectivity index (χ0n) is 10.9. The van der Waals surface area contributed by atoms with Crippen LogP contribution in [-0.4, -0.2) is 18.9 Å². The first kappa shape index (κ1) is 13.5. The smallest absolute Gasteiger partial charge is 0.272 e. The Morgan fingerprint density at radius 1 is 1.19 bits per heavy atom. The van der Waals surface area contributed by atoms with Gasteiger partial charge in [0.15, 0.2) is 11.5 Å². The van der Waals surface area contributed by atoms with Crippen LogP contribution in [0.2, 0.25) is 5.02 Å². The first-order chi connectivity index (χ1) is 10.2. The molecule has 1 N–H and O–H groups in total. The Hall–Kier alpha value is -2.53. The minimum Gasteiger partial charge on any atom is -0.454 e. The molecule has 2 aromatic rings. The summed E-state index contributed by atoms with van der Waals surface area (Å²) in [5.74, 6) is 1.00. The van der Waals surface area contributed by atoms with E-state index >= 15 is 0 Å². The highest BCUT2D eigenvalue weighted by Crippen LogP contribution is 2.31. The van der Waals surface area contributed by atoms with Crippen LogP contribution in [0.25, 0.3) is 0 Å². The van der Waals surface area contributed by atoms with Gasteiger partial charge in [-0.3, -0.25) is 4.79 Å². The number of ether oxygens (including phenoxy) is 2. The number of nitrogens with zero attached hydrogens (tertiary/aromatic N) is 1. The fraction of sp³-hybridized carbons (Fsp3) is 0.0667. The lowest BCUT2D eigenvalue weighted by atomic mass is 10.2. The number of hydrogen-bond acceptors (Lipinski definition) is 4. The number of halogens is 1. The van der Waals surface area contributed by atoms with E-state index < -0.39 is 0 Å². The molecular weight excluding hydrogens is 292 g/mol. The summed E-state index contributed by atoms with van der Waals surface area (Å²) in [6, 6.07) is 12.2. The van der Waals surface area contributed by atoms with E-state index in [9.17, 15) is 4.79 Å².